The first-order chi connectivity index (χ1) is 17.8. The summed E-state index contributed by atoms with van der Waals surface area (Å²) >= 11 is 0. The number of hydrogen-bond acceptors (Lipinski definition) is 7. The van der Waals surface area contributed by atoms with Crippen molar-refractivity contribution < 1.29 is 29.4 Å². The van der Waals surface area contributed by atoms with Crippen molar-refractivity contribution in [1.29, 1.82) is 0 Å². The number of benzene rings is 1. The SMILES string of the molecule is CC(C)CC(NC(=O)C(NC(=O)C(Cc1ccccc1)NC(=O)C(N)CCCN=C(N)N)C(C)O)C(=O)O. The van der Waals surface area contributed by atoms with Gasteiger partial charge >= 0.3 is 5.97 Å². The van der Waals surface area contributed by atoms with Gasteiger partial charge in [0.05, 0.1) is 12.1 Å². The van der Waals surface area contributed by atoms with Gasteiger partial charge in [0, 0.05) is 13.0 Å². The highest BCUT2D eigenvalue weighted by Gasteiger charge is 2.33. The van der Waals surface area contributed by atoms with Crippen LogP contribution in [0, 0.1) is 5.92 Å². The van der Waals surface area contributed by atoms with Crippen LogP contribution in [0.5, 0.6) is 0 Å². The molecule has 11 N–H and O–H groups in total. The molecule has 0 bridgehead atoms. The summed E-state index contributed by atoms with van der Waals surface area (Å²) < 4.78 is 0. The van der Waals surface area contributed by atoms with Gasteiger partial charge in [-0.05, 0) is 37.7 Å². The molecule has 0 aliphatic rings. The van der Waals surface area contributed by atoms with Crippen molar-refractivity contribution >= 4 is 29.7 Å². The zero-order chi connectivity index (χ0) is 28.8. The van der Waals surface area contributed by atoms with Crippen LogP contribution in [0.4, 0.5) is 0 Å². The Hall–Kier alpha value is -3.71. The molecular formula is C25H41N7O6. The lowest BCUT2D eigenvalue weighted by Gasteiger charge is -2.27. The molecule has 0 saturated heterocycles. The van der Waals surface area contributed by atoms with Crippen LogP contribution in [0.25, 0.3) is 0 Å². The number of nitrogens with zero attached hydrogens (tertiary/aromatic N) is 1. The zero-order valence-corrected chi connectivity index (χ0v) is 22.1. The molecule has 0 aromatic heterocycles. The maximum absolute atomic E-state index is 13.2. The minimum atomic E-state index is -1.46. The molecule has 1 aromatic carbocycles. The Bertz CT molecular complexity index is 951. The van der Waals surface area contributed by atoms with E-state index in [1.807, 2.05) is 0 Å². The lowest BCUT2D eigenvalue weighted by molar-refractivity contribution is -0.143. The molecule has 13 nitrogen and oxygen atoms in total. The fourth-order valence-corrected chi connectivity index (χ4v) is 3.60. The fourth-order valence-electron chi connectivity index (χ4n) is 3.60. The summed E-state index contributed by atoms with van der Waals surface area (Å²) in [7, 11) is 0. The number of aliphatic hydroxyl groups is 1. The predicted octanol–water partition coefficient (Wildman–Crippen LogP) is -1.42. The van der Waals surface area contributed by atoms with E-state index < -0.39 is 54.0 Å². The Morgan fingerprint density at radius 3 is 2.05 bits per heavy atom. The van der Waals surface area contributed by atoms with E-state index in [-0.39, 0.29) is 37.7 Å². The van der Waals surface area contributed by atoms with E-state index in [1.54, 1.807) is 44.2 Å². The van der Waals surface area contributed by atoms with Crippen LogP contribution >= 0.6 is 0 Å². The van der Waals surface area contributed by atoms with Gasteiger partial charge < -0.3 is 43.4 Å². The number of rotatable bonds is 16. The molecule has 0 aliphatic heterocycles. The standard InChI is InChI=1S/C25H41N7O6/c1-14(2)12-19(24(37)38)31-23(36)20(15(3)33)32-22(35)18(13-16-8-5-4-6-9-16)30-21(34)17(26)10-7-11-29-25(27)28/h4-6,8-9,14-15,17-20,33H,7,10-13,26H2,1-3H3,(H,30,34)(H,31,36)(H,32,35)(H,37,38)(H4,27,28,29). The molecule has 212 valence electrons. The number of guanidine groups is 1. The quantitative estimate of drug-likeness (QED) is 0.0703. The molecule has 13 heteroatoms. The molecule has 0 saturated carbocycles. The molecule has 0 heterocycles. The van der Waals surface area contributed by atoms with Crippen LogP contribution in [0.15, 0.2) is 35.3 Å². The third-order valence-corrected chi connectivity index (χ3v) is 5.60. The normalized spacial score (nSPS) is 14.9. The highest BCUT2D eigenvalue weighted by molar-refractivity contribution is 5.94. The topological polar surface area (TPSA) is 235 Å². The summed E-state index contributed by atoms with van der Waals surface area (Å²) in [4.78, 5) is 54.2. The van der Waals surface area contributed by atoms with E-state index >= 15 is 0 Å². The number of nitrogens with one attached hydrogen (secondary N) is 3. The van der Waals surface area contributed by atoms with Gasteiger partial charge in [-0.2, -0.15) is 0 Å². The molecule has 1 aromatic rings. The van der Waals surface area contributed by atoms with Crippen LogP contribution in [-0.4, -0.2) is 76.7 Å². The van der Waals surface area contributed by atoms with Gasteiger partial charge in [-0.25, -0.2) is 4.79 Å². The van der Waals surface area contributed by atoms with Crippen molar-refractivity contribution in [2.45, 2.75) is 76.7 Å². The van der Waals surface area contributed by atoms with Crippen molar-refractivity contribution in [2.75, 3.05) is 6.54 Å². The van der Waals surface area contributed by atoms with E-state index in [1.165, 1.54) is 6.92 Å². The number of nitrogens with two attached hydrogens (primary N) is 3. The van der Waals surface area contributed by atoms with Gasteiger partial charge in [0.25, 0.3) is 0 Å². The Morgan fingerprint density at radius 2 is 1.53 bits per heavy atom. The number of amides is 3. The number of carboxylic acid groups (broad SMARTS) is 1. The molecule has 0 radical (unpaired) electrons. The Morgan fingerprint density at radius 1 is 0.921 bits per heavy atom. The van der Waals surface area contributed by atoms with Gasteiger partial charge in [-0.15, -0.1) is 0 Å². The zero-order valence-electron chi connectivity index (χ0n) is 22.1. The first kappa shape index (κ1) is 32.3. The van der Waals surface area contributed by atoms with E-state index in [4.69, 9.17) is 17.2 Å². The smallest absolute Gasteiger partial charge is 0.326 e. The Labute approximate surface area is 222 Å². The average Bonchev–Trinajstić information content (AvgIpc) is 2.83. The monoisotopic (exact) mass is 535 g/mol. The van der Waals surface area contributed by atoms with Crippen molar-refractivity contribution in [3.8, 4) is 0 Å². The molecule has 3 amide bonds. The van der Waals surface area contributed by atoms with Gasteiger partial charge in [-0.1, -0.05) is 44.2 Å². The maximum atomic E-state index is 13.2. The Balaban J connectivity index is 3.01. The molecule has 0 spiro atoms. The van der Waals surface area contributed by atoms with Crippen molar-refractivity contribution in [1.82, 2.24) is 16.0 Å². The first-order valence-corrected chi connectivity index (χ1v) is 12.5. The molecule has 1 rings (SSSR count). The van der Waals surface area contributed by atoms with Crippen LogP contribution in [0.3, 0.4) is 0 Å². The van der Waals surface area contributed by atoms with Crippen molar-refractivity contribution in [2.24, 2.45) is 28.1 Å². The van der Waals surface area contributed by atoms with Crippen LogP contribution in [-0.2, 0) is 25.6 Å². The third-order valence-electron chi connectivity index (χ3n) is 5.60. The summed E-state index contributed by atoms with van der Waals surface area (Å²) in [5.41, 5.74) is 17.3. The minimum Gasteiger partial charge on any atom is -0.480 e. The predicted molar refractivity (Wildman–Crippen MR) is 143 cm³/mol. The number of aliphatic hydroxyl groups excluding tert-OH is 1. The van der Waals surface area contributed by atoms with Crippen LogP contribution in [0.2, 0.25) is 0 Å². The summed E-state index contributed by atoms with van der Waals surface area (Å²) in [6, 6.07) is 4.15. The molecule has 38 heavy (non-hydrogen) atoms. The third kappa shape index (κ3) is 12.0. The number of carbonyl (C=O) groups excluding carboxylic acids is 3. The highest BCUT2D eigenvalue weighted by atomic mass is 16.4. The summed E-state index contributed by atoms with van der Waals surface area (Å²) in [6.07, 6.45) is -0.410. The average molecular weight is 536 g/mol. The number of aliphatic imine (C=N–C) groups is 1. The van der Waals surface area contributed by atoms with E-state index in [0.717, 1.165) is 5.56 Å². The molecule has 5 unspecified atom stereocenters. The second-order valence-electron chi connectivity index (χ2n) is 9.56. The molecule has 0 fully saturated rings. The van der Waals surface area contributed by atoms with Gasteiger partial charge in [0.1, 0.15) is 18.1 Å². The van der Waals surface area contributed by atoms with E-state index in [0.29, 0.717) is 6.42 Å². The summed E-state index contributed by atoms with van der Waals surface area (Å²) in [6.45, 7) is 5.19. The number of hydrogen-bond donors (Lipinski definition) is 8. The largest absolute Gasteiger partial charge is 0.480 e. The van der Waals surface area contributed by atoms with Gasteiger partial charge in [0.15, 0.2) is 5.96 Å². The van der Waals surface area contributed by atoms with Crippen LogP contribution < -0.4 is 33.2 Å². The number of carboxylic acids is 1. The highest BCUT2D eigenvalue weighted by Crippen LogP contribution is 2.08. The summed E-state index contributed by atoms with van der Waals surface area (Å²) in [5.74, 6) is -3.52. The summed E-state index contributed by atoms with van der Waals surface area (Å²) in [5, 5.41) is 27.1. The van der Waals surface area contributed by atoms with Crippen LogP contribution in [0.1, 0.15) is 45.6 Å². The number of carbonyl (C=O) groups is 4. The molecule has 0 aliphatic carbocycles. The maximum Gasteiger partial charge on any atom is 0.326 e. The lowest BCUT2D eigenvalue weighted by Crippen LogP contribution is -2.60. The minimum absolute atomic E-state index is 0.0230. The van der Waals surface area contributed by atoms with E-state index in [2.05, 4.69) is 20.9 Å². The van der Waals surface area contributed by atoms with Gasteiger partial charge in [0.2, 0.25) is 17.7 Å². The van der Waals surface area contributed by atoms with Gasteiger partial charge in [-0.3, -0.25) is 19.4 Å². The fraction of sp³-hybridized carbons (Fsp3) is 0.560. The first-order valence-electron chi connectivity index (χ1n) is 12.5. The van der Waals surface area contributed by atoms with E-state index in [9.17, 15) is 29.4 Å². The second-order valence-corrected chi connectivity index (χ2v) is 9.56. The lowest BCUT2D eigenvalue weighted by atomic mass is 10.0. The van der Waals surface area contributed by atoms with Crippen molar-refractivity contribution in [3.63, 3.8) is 0 Å². The van der Waals surface area contributed by atoms with Crippen molar-refractivity contribution in [3.05, 3.63) is 35.9 Å². The number of aliphatic carboxylic acids is 1. The second kappa shape index (κ2) is 16.2. The Kier molecular flexibility index (Phi) is 13.8. The molecule has 5 atom stereocenters. The molecular weight excluding hydrogens is 494 g/mol.